The Bertz CT molecular complexity index is 586. The second-order valence-electron chi connectivity index (χ2n) is 11.8. The first-order valence-corrected chi connectivity index (χ1v) is 15.9. The Morgan fingerprint density at radius 3 is 1.24 bits per heavy atom. The Balaban J connectivity index is 2.87. The molecule has 1 rings (SSSR count). The zero-order chi connectivity index (χ0) is 27.5. The minimum Gasteiger partial charge on any atom is -0.297 e. The van der Waals surface area contributed by atoms with Crippen molar-refractivity contribution in [3.63, 3.8) is 0 Å². The highest BCUT2D eigenvalue weighted by Crippen LogP contribution is 2.28. The van der Waals surface area contributed by atoms with Crippen molar-refractivity contribution in [3.05, 3.63) is 0 Å². The summed E-state index contributed by atoms with van der Waals surface area (Å²) in [5, 5.41) is 0. The summed E-state index contributed by atoms with van der Waals surface area (Å²) in [4.78, 5) is 35.4. The molecule has 6 heteroatoms. The van der Waals surface area contributed by atoms with Crippen LogP contribution in [0.3, 0.4) is 0 Å². The van der Waals surface area contributed by atoms with E-state index in [-0.39, 0.29) is 11.9 Å². The van der Waals surface area contributed by atoms with Gasteiger partial charge in [-0.05, 0) is 65.7 Å². The number of hydrogen-bond donors (Lipinski definition) is 0. The smallest absolute Gasteiger partial charge is 0.297 e. The van der Waals surface area contributed by atoms with Crippen LogP contribution in [0, 0.1) is 0 Å². The molecule has 0 atom stereocenters. The SMILES string of the molecule is CCCCCCN(CCCCCC)CN1C(=O)N(CN(CCCCCC)CCCCCC)C(C)(C)C1=O. The van der Waals surface area contributed by atoms with Crippen LogP contribution in [0.2, 0.25) is 0 Å². The molecule has 1 fully saturated rings. The van der Waals surface area contributed by atoms with E-state index in [1.165, 1.54) is 77.0 Å². The summed E-state index contributed by atoms with van der Waals surface area (Å²) in [6, 6.07) is -0.103. The molecule has 0 aromatic rings. The lowest BCUT2D eigenvalue weighted by molar-refractivity contribution is -0.133. The van der Waals surface area contributed by atoms with Crippen LogP contribution >= 0.6 is 0 Å². The third kappa shape index (κ3) is 12.5. The van der Waals surface area contributed by atoms with Crippen LogP contribution in [0.15, 0.2) is 0 Å². The molecule has 0 bridgehead atoms. The Hall–Kier alpha value is -1.14. The maximum absolute atomic E-state index is 13.7. The third-order valence-electron chi connectivity index (χ3n) is 7.90. The third-order valence-corrected chi connectivity index (χ3v) is 7.90. The summed E-state index contributed by atoms with van der Waals surface area (Å²) in [5.41, 5.74) is -0.793. The molecule has 1 saturated heterocycles. The zero-order valence-electron chi connectivity index (χ0n) is 25.7. The molecule has 0 radical (unpaired) electrons. The van der Waals surface area contributed by atoms with Crippen molar-refractivity contribution in [1.29, 1.82) is 0 Å². The van der Waals surface area contributed by atoms with E-state index >= 15 is 0 Å². The van der Waals surface area contributed by atoms with Gasteiger partial charge in [0.25, 0.3) is 5.91 Å². The first kappa shape index (κ1) is 33.9. The van der Waals surface area contributed by atoms with E-state index in [9.17, 15) is 9.59 Å². The molecular weight excluding hydrogens is 460 g/mol. The summed E-state index contributed by atoms with van der Waals surface area (Å²) < 4.78 is 0. The van der Waals surface area contributed by atoms with Crippen LogP contribution in [-0.4, -0.2) is 76.6 Å². The highest BCUT2D eigenvalue weighted by molar-refractivity contribution is 6.06. The number of rotatable bonds is 24. The van der Waals surface area contributed by atoms with E-state index < -0.39 is 5.54 Å². The van der Waals surface area contributed by atoms with Crippen molar-refractivity contribution < 1.29 is 9.59 Å². The van der Waals surface area contributed by atoms with Gasteiger partial charge in [0.05, 0.1) is 13.3 Å². The van der Waals surface area contributed by atoms with Gasteiger partial charge in [-0.1, -0.05) is 105 Å². The molecule has 218 valence electrons. The minimum atomic E-state index is -0.793. The lowest BCUT2D eigenvalue weighted by Crippen LogP contribution is -2.50. The van der Waals surface area contributed by atoms with Crippen molar-refractivity contribution in [2.45, 2.75) is 150 Å². The van der Waals surface area contributed by atoms with Crippen LogP contribution in [0.5, 0.6) is 0 Å². The van der Waals surface area contributed by atoms with Gasteiger partial charge in [-0.3, -0.25) is 19.5 Å². The first-order chi connectivity index (χ1) is 17.8. The van der Waals surface area contributed by atoms with Gasteiger partial charge in [0.15, 0.2) is 0 Å². The van der Waals surface area contributed by atoms with E-state index in [2.05, 4.69) is 37.5 Å². The van der Waals surface area contributed by atoms with Gasteiger partial charge in [0.2, 0.25) is 0 Å². The van der Waals surface area contributed by atoms with Crippen molar-refractivity contribution in [2.24, 2.45) is 0 Å². The number of hydrogen-bond acceptors (Lipinski definition) is 4. The molecule has 0 aromatic carbocycles. The van der Waals surface area contributed by atoms with Gasteiger partial charge in [-0.2, -0.15) is 0 Å². The number of amides is 3. The molecule has 37 heavy (non-hydrogen) atoms. The van der Waals surface area contributed by atoms with Gasteiger partial charge < -0.3 is 0 Å². The van der Waals surface area contributed by atoms with Crippen molar-refractivity contribution in [3.8, 4) is 0 Å². The second kappa shape index (κ2) is 19.9. The van der Waals surface area contributed by atoms with Crippen LogP contribution in [0.25, 0.3) is 0 Å². The highest BCUT2D eigenvalue weighted by atomic mass is 16.2. The quantitative estimate of drug-likeness (QED) is 0.0956. The van der Waals surface area contributed by atoms with Gasteiger partial charge in [-0.25, -0.2) is 9.69 Å². The molecule has 0 aliphatic carbocycles. The largest absolute Gasteiger partial charge is 0.329 e. The number of urea groups is 1. The number of nitrogens with zero attached hydrogens (tertiary/aromatic N) is 4. The molecule has 0 saturated carbocycles. The molecule has 6 nitrogen and oxygen atoms in total. The van der Waals surface area contributed by atoms with Crippen LogP contribution < -0.4 is 0 Å². The molecule has 3 amide bonds. The zero-order valence-corrected chi connectivity index (χ0v) is 25.7. The minimum absolute atomic E-state index is 0.0402. The molecular formula is C31H62N4O2. The fourth-order valence-corrected chi connectivity index (χ4v) is 5.23. The predicted molar refractivity (Wildman–Crippen MR) is 158 cm³/mol. The van der Waals surface area contributed by atoms with Gasteiger partial charge in [0, 0.05) is 0 Å². The number of carbonyl (C=O) groups is 2. The van der Waals surface area contributed by atoms with Gasteiger partial charge >= 0.3 is 6.03 Å². The molecule has 1 aliphatic heterocycles. The van der Waals surface area contributed by atoms with E-state index in [1.807, 2.05) is 18.7 Å². The van der Waals surface area contributed by atoms with E-state index in [1.54, 1.807) is 4.90 Å². The summed E-state index contributed by atoms with van der Waals surface area (Å²) in [6.45, 7) is 17.7. The van der Waals surface area contributed by atoms with Crippen LogP contribution in [0.4, 0.5) is 4.79 Å². The summed E-state index contributed by atoms with van der Waals surface area (Å²) in [7, 11) is 0. The normalized spacial score (nSPS) is 15.7. The summed E-state index contributed by atoms with van der Waals surface area (Å²) in [6.07, 6.45) is 19.4. The van der Waals surface area contributed by atoms with Gasteiger partial charge in [0.1, 0.15) is 5.54 Å². The van der Waals surface area contributed by atoms with Crippen LogP contribution in [-0.2, 0) is 4.79 Å². The lowest BCUT2D eigenvalue weighted by Gasteiger charge is -2.34. The lowest BCUT2D eigenvalue weighted by atomic mass is 10.0. The fourth-order valence-electron chi connectivity index (χ4n) is 5.23. The Morgan fingerprint density at radius 2 is 0.892 bits per heavy atom. The van der Waals surface area contributed by atoms with Crippen molar-refractivity contribution in [2.75, 3.05) is 39.5 Å². The Kier molecular flexibility index (Phi) is 18.2. The molecule has 0 spiro atoms. The number of carbonyl (C=O) groups excluding carboxylic acids is 2. The molecule has 0 unspecified atom stereocenters. The number of unbranched alkanes of at least 4 members (excludes halogenated alkanes) is 12. The van der Waals surface area contributed by atoms with Crippen LogP contribution in [0.1, 0.15) is 144 Å². The Labute approximate surface area is 230 Å². The van der Waals surface area contributed by atoms with Gasteiger partial charge in [-0.15, -0.1) is 0 Å². The molecule has 0 N–H and O–H groups in total. The van der Waals surface area contributed by atoms with E-state index in [0.717, 1.165) is 51.9 Å². The highest BCUT2D eigenvalue weighted by Gasteiger charge is 2.51. The van der Waals surface area contributed by atoms with E-state index in [4.69, 9.17) is 0 Å². The summed E-state index contributed by atoms with van der Waals surface area (Å²) in [5.74, 6) is -0.0402. The monoisotopic (exact) mass is 522 g/mol. The maximum atomic E-state index is 13.7. The standard InChI is InChI=1S/C31H62N4O2/c1-7-11-15-19-23-32(24-20-16-12-8-2)27-34-29(36)31(5,6)35(30(34)37)28-33(25-21-17-13-9-3)26-22-18-14-10-4/h7-28H2,1-6H3. The predicted octanol–water partition coefficient (Wildman–Crippen LogP) is 7.87. The molecule has 0 aromatic heterocycles. The molecule has 1 aliphatic rings. The topological polar surface area (TPSA) is 47.1 Å². The fraction of sp³-hybridized carbons (Fsp3) is 0.935. The molecule has 1 heterocycles. The Morgan fingerprint density at radius 1 is 0.541 bits per heavy atom. The first-order valence-electron chi connectivity index (χ1n) is 15.9. The second-order valence-corrected chi connectivity index (χ2v) is 11.8. The van der Waals surface area contributed by atoms with Crippen molar-refractivity contribution in [1.82, 2.24) is 19.6 Å². The summed E-state index contributed by atoms with van der Waals surface area (Å²) >= 11 is 0. The maximum Gasteiger partial charge on any atom is 0.329 e. The van der Waals surface area contributed by atoms with E-state index in [0.29, 0.717) is 13.3 Å². The van der Waals surface area contributed by atoms with Crippen molar-refractivity contribution >= 4 is 11.9 Å². The average molecular weight is 523 g/mol. The number of imide groups is 1. The average Bonchev–Trinajstić information content (AvgIpc) is 3.03.